The van der Waals surface area contributed by atoms with Crippen LogP contribution in [0.25, 0.3) is 64.8 Å². The number of halogens is 1. The number of benzene rings is 5. The van der Waals surface area contributed by atoms with E-state index in [-0.39, 0.29) is 5.28 Å². The van der Waals surface area contributed by atoms with Crippen LogP contribution in [0.15, 0.2) is 109 Å². The Bertz CT molecular complexity index is 1910. The van der Waals surface area contributed by atoms with Crippen molar-refractivity contribution in [2.24, 2.45) is 0 Å². The highest BCUT2D eigenvalue weighted by molar-refractivity contribution is 7.25. The van der Waals surface area contributed by atoms with Crippen LogP contribution in [0.4, 0.5) is 0 Å². The zero-order valence-electron chi connectivity index (χ0n) is 19.0. The van der Waals surface area contributed by atoms with Crippen molar-refractivity contribution in [1.29, 1.82) is 0 Å². The van der Waals surface area contributed by atoms with Gasteiger partial charge in [0.05, 0.1) is 0 Å². The summed E-state index contributed by atoms with van der Waals surface area (Å²) >= 11 is 8.12. The zero-order chi connectivity index (χ0) is 24.1. The molecule has 0 saturated heterocycles. The number of hydrogen-bond acceptors (Lipinski definition) is 4. The monoisotopic (exact) mass is 499 g/mol. The number of rotatable bonds is 3. The molecule has 3 nitrogen and oxygen atoms in total. The van der Waals surface area contributed by atoms with E-state index in [0.717, 1.165) is 21.9 Å². The Kier molecular flexibility index (Phi) is 5.01. The molecule has 0 aliphatic heterocycles. The summed E-state index contributed by atoms with van der Waals surface area (Å²) in [6.45, 7) is 0. The summed E-state index contributed by atoms with van der Waals surface area (Å²) in [4.78, 5) is 13.4. The van der Waals surface area contributed by atoms with E-state index in [4.69, 9.17) is 16.6 Å². The van der Waals surface area contributed by atoms with E-state index in [2.05, 4.69) is 82.8 Å². The predicted molar refractivity (Wildman–Crippen MR) is 152 cm³/mol. The fourth-order valence-electron chi connectivity index (χ4n) is 4.76. The lowest BCUT2D eigenvalue weighted by atomic mass is 9.96. The standard InChI is InChI=1S/C31H18ClN3S/c32-31-34-29(19-7-2-1-3-8-19)33-30(35-31)23-16-14-20-17-22(15-13-21(20)18-23)24-10-6-12-27-28(24)25-9-4-5-11-26(25)36-27/h1-18H. The van der Waals surface area contributed by atoms with Crippen molar-refractivity contribution in [2.75, 3.05) is 0 Å². The Labute approximate surface area is 216 Å². The van der Waals surface area contributed by atoms with Gasteiger partial charge in [-0.15, -0.1) is 11.3 Å². The second-order valence-corrected chi connectivity index (χ2v) is 10.1. The van der Waals surface area contributed by atoms with Gasteiger partial charge < -0.3 is 0 Å². The average Bonchev–Trinajstić information content (AvgIpc) is 3.31. The largest absolute Gasteiger partial charge is 0.226 e. The molecule has 36 heavy (non-hydrogen) atoms. The third-order valence-corrected chi connectivity index (χ3v) is 7.76. The van der Waals surface area contributed by atoms with Crippen LogP contribution in [0.5, 0.6) is 0 Å². The SMILES string of the molecule is Clc1nc(-c2ccccc2)nc(-c2ccc3cc(-c4cccc5sc6ccccc6c45)ccc3c2)n1. The number of fused-ring (bicyclic) bond motifs is 4. The van der Waals surface area contributed by atoms with E-state index in [1.165, 1.54) is 31.3 Å². The molecule has 0 fully saturated rings. The Balaban J connectivity index is 1.33. The van der Waals surface area contributed by atoms with Gasteiger partial charge in [0.25, 0.3) is 0 Å². The van der Waals surface area contributed by atoms with Gasteiger partial charge in [0.1, 0.15) is 0 Å². The molecule has 2 heterocycles. The molecular formula is C31H18ClN3S. The summed E-state index contributed by atoms with van der Waals surface area (Å²) in [6, 6.07) is 37.9. The van der Waals surface area contributed by atoms with Gasteiger partial charge in [0, 0.05) is 31.3 Å². The van der Waals surface area contributed by atoms with E-state index in [1.807, 2.05) is 47.7 Å². The first-order valence-electron chi connectivity index (χ1n) is 11.6. The van der Waals surface area contributed by atoms with E-state index in [0.29, 0.717) is 11.6 Å². The lowest BCUT2D eigenvalue weighted by molar-refractivity contribution is 1.07. The normalized spacial score (nSPS) is 11.5. The molecule has 0 spiro atoms. The fourth-order valence-corrected chi connectivity index (χ4v) is 6.06. The van der Waals surface area contributed by atoms with Gasteiger partial charge in [-0.05, 0) is 57.8 Å². The lowest BCUT2D eigenvalue weighted by Gasteiger charge is -2.09. The smallest absolute Gasteiger partial charge is 0.208 e. The minimum atomic E-state index is 0.186. The molecule has 5 aromatic carbocycles. The van der Waals surface area contributed by atoms with E-state index in [9.17, 15) is 0 Å². The van der Waals surface area contributed by atoms with Gasteiger partial charge in [0.2, 0.25) is 5.28 Å². The number of nitrogens with zero attached hydrogens (tertiary/aromatic N) is 3. The summed E-state index contributed by atoms with van der Waals surface area (Å²) in [5.74, 6) is 1.13. The Hall–Kier alpha value is -4.12. The van der Waals surface area contributed by atoms with Crippen LogP contribution in [0.1, 0.15) is 0 Å². The molecule has 0 saturated carbocycles. The number of hydrogen-bond donors (Lipinski definition) is 0. The van der Waals surface area contributed by atoms with Crippen LogP contribution in [-0.4, -0.2) is 15.0 Å². The third kappa shape index (κ3) is 3.63. The lowest BCUT2D eigenvalue weighted by Crippen LogP contribution is -1.97. The molecule has 0 unspecified atom stereocenters. The number of aromatic nitrogens is 3. The molecule has 0 aliphatic carbocycles. The van der Waals surface area contributed by atoms with Gasteiger partial charge in [-0.25, -0.2) is 4.98 Å². The zero-order valence-corrected chi connectivity index (χ0v) is 20.6. The van der Waals surface area contributed by atoms with Crippen LogP contribution in [0.2, 0.25) is 5.28 Å². The molecule has 2 aromatic heterocycles. The van der Waals surface area contributed by atoms with Gasteiger partial charge in [-0.1, -0.05) is 84.9 Å². The van der Waals surface area contributed by atoms with E-state index >= 15 is 0 Å². The van der Waals surface area contributed by atoms with Crippen LogP contribution < -0.4 is 0 Å². The fraction of sp³-hybridized carbons (Fsp3) is 0. The van der Waals surface area contributed by atoms with Gasteiger partial charge in [-0.3, -0.25) is 0 Å². The Morgan fingerprint density at radius 3 is 2.03 bits per heavy atom. The molecule has 170 valence electrons. The molecule has 7 rings (SSSR count). The Morgan fingerprint density at radius 1 is 0.528 bits per heavy atom. The summed E-state index contributed by atoms with van der Waals surface area (Å²) in [7, 11) is 0. The van der Waals surface area contributed by atoms with Gasteiger partial charge >= 0.3 is 0 Å². The van der Waals surface area contributed by atoms with Crippen LogP contribution in [0.3, 0.4) is 0 Å². The molecule has 0 N–H and O–H groups in total. The van der Waals surface area contributed by atoms with Crippen LogP contribution in [0, 0.1) is 0 Å². The second-order valence-electron chi connectivity index (χ2n) is 8.67. The van der Waals surface area contributed by atoms with Crippen molar-refractivity contribution in [2.45, 2.75) is 0 Å². The van der Waals surface area contributed by atoms with Crippen LogP contribution >= 0.6 is 22.9 Å². The van der Waals surface area contributed by atoms with Crippen molar-refractivity contribution in [1.82, 2.24) is 15.0 Å². The van der Waals surface area contributed by atoms with Crippen LogP contribution in [-0.2, 0) is 0 Å². The van der Waals surface area contributed by atoms with E-state index in [1.54, 1.807) is 0 Å². The summed E-state index contributed by atoms with van der Waals surface area (Å²) < 4.78 is 2.63. The predicted octanol–water partition coefficient (Wildman–Crippen LogP) is 9.05. The topological polar surface area (TPSA) is 38.7 Å². The maximum Gasteiger partial charge on any atom is 0.226 e. The minimum Gasteiger partial charge on any atom is -0.208 e. The first-order valence-corrected chi connectivity index (χ1v) is 12.8. The molecule has 0 amide bonds. The first kappa shape index (κ1) is 21.2. The van der Waals surface area contributed by atoms with Crippen molar-refractivity contribution >= 4 is 53.9 Å². The van der Waals surface area contributed by atoms with Gasteiger partial charge in [-0.2, -0.15) is 9.97 Å². The molecule has 0 radical (unpaired) electrons. The van der Waals surface area contributed by atoms with Crippen molar-refractivity contribution in [3.8, 4) is 33.9 Å². The van der Waals surface area contributed by atoms with E-state index < -0.39 is 0 Å². The maximum atomic E-state index is 6.28. The quantitative estimate of drug-likeness (QED) is 0.243. The summed E-state index contributed by atoms with van der Waals surface area (Å²) in [6.07, 6.45) is 0. The highest BCUT2D eigenvalue weighted by Gasteiger charge is 2.13. The third-order valence-electron chi connectivity index (χ3n) is 6.45. The first-order chi connectivity index (χ1) is 17.7. The highest BCUT2D eigenvalue weighted by Crippen LogP contribution is 2.40. The number of thiophene rings is 1. The van der Waals surface area contributed by atoms with Crippen molar-refractivity contribution < 1.29 is 0 Å². The molecule has 7 aromatic rings. The highest BCUT2D eigenvalue weighted by atomic mass is 35.5. The van der Waals surface area contributed by atoms with Crippen molar-refractivity contribution in [3.63, 3.8) is 0 Å². The maximum absolute atomic E-state index is 6.28. The summed E-state index contributed by atoms with van der Waals surface area (Å²) in [5, 5.41) is 5.10. The van der Waals surface area contributed by atoms with Crippen molar-refractivity contribution in [3.05, 3.63) is 114 Å². The molecular weight excluding hydrogens is 482 g/mol. The average molecular weight is 500 g/mol. The molecule has 0 aliphatic rings. The molecule has 0 atom stereocenters. The summed E-state index contributed by atoms with van der Waals surface area (Å²) in [5.41, 5.74) is 4.28. The molecule has 5 heteroatoms. The molecule has 0 bridgehead atoms. The minimum absolute atomic E-state index is 0.186. The Morgan fingerprint density at radius 2 is 1.19 bits per heavy atom. The second kappa shape index (κ2) is 8.52. The van der Waals surface area contributed by atoms with Gasteiger partial charge in [0.15, 0.2) is 11.6 Å².